The van der Waals surface area contributed by atoms with E-state index >= 15 is 0 Å². The highest BCUT2D eigenvalue weighted by Crippen LogP contribution is 2.43. The van der Waals surface area contributed by atoms with Gasteiger partial charge < -0.3 is 10.6 Å². The molecule has 6 nitrogen and oxygen atoms in total. The van der Waals surface area contributed by atoms with Crippen LogP contribution in [0, 0.1) is 11.8 Å². The number of hydrogen-bond donors (Lipinski definition) is 2. The molecule has 2 heterocycles. The number of piperidine rings is 1. The fourth-order valence-electron chi connectivity index (χ4n) is 5.70. The summed E-state index contributed by atoms with van der Waals surface area (Å²) in [6.07, 6.45) is 5.81. The van der Waals surface area contributed by atoms with E-state index in [-0.39, 0.29) is 17.0 Å². The van der Waals surface area contributed by atoms with Crippen molar-refractivity contribution in [3.8, 4) is 0 Å². The van der Waals surface area contributed by atoms with E-state index in [1.54, 1.807) is 12.1 Å². The summed E-state index contributed by atoms with van der Waals surface area (Å²) in [5.41, 5.74) is 1.81. The molecule has 4 rings (SSSR count). The Labute approximate surface area is 208 Å². The lowest BCUT2D eigenvalue weighted by Gasteiger charge is -2.41. The van der Waals surface area contributed by atoms with E-state index in [1.807, 2.05) is 19.1 Å². The zero-order chi connectivity index (χ0) is 24.5. The smallest absolute Gasteiger partial charge is 0.319 e. The number of sulfone groups is 1. The monoisotopic (exact) mass is 503 g/mol. The summed E-state index contributed by atoms with van der Waals surface area (Å²) in [6, 6.07) is 15.3. The van der Waals surface area contributed by atoms with Crippen LogP contribution >= 0.6 is 11.6 Å². The van der Waals surface area contributed by atoms with Crippen molar-refractivity contribution in [1.82, 2.24) is 10.2 Å². The number of halogens is 1. The number of urea groups is 1. The molecule has 2 aliphatic heterocycles. The topological polar surface area (TPSA) is 78.5 Å². The molecule has 2 N–H and O–H groups in total. The molecule has 2 saturated heterocycles. The molecule has 5 unspecified atom stereocenters. The zero-order valence-electron chi connectivity index (χ0n) is 20.0. The number of fused-ring (bicyclic) bond motifs is 2. The Morgan fingerprint density at radius 1 is 1.15 bits per heavy atom. The predicted octanol–water partition coefficient (Wildman–Crippen LogP) is 4.99. The first-order valence-corrected chi connectivity index (χ1v) is 14.2. The Kier molecular flexibility index (Phi) is 7.55. The molecule has 8 heteroatoms. The van der Waals surface area contributed by atoms with Gasteiger partial charge in [-0.2, -0.15) is 0 Å². The van der Waals surface area contributed by atoms with Crippen LogP contribution in [0.25, 0.3) is 0 Å². The van der Waals surface area contributed by atoms with Crippen LogP contribution in [-0.2, 0) is 16.3 Å². The van der Waals surface area contributed by atoms with Gasteiger partial charge >= 0.3 is 6.03 Å². The number of benzene rings is 2. The van der Waals surface area contributed by atoms with Gasteiger partial charge in [-0.15, -0.1) is 0 Å². The van der Waals surface area contributed by atoms with E-state index in [1.165, 1.54) is 37.0 Å². The molecular formula is C26H34ClN3O3S. The third kappa shape index (κ3) is 6.12. The second kappa shape index (κ2) is 10.3. The normalized spacial score (nSPS) is 25.6. The third-order valence-corrected chi connectivity index (χ3v) is 8.56. The van der Waals surface area contributed by atoms with Gasteiger partial charge in [-0.25, -0.2) is 13.2 Å². The molecule has 2 aliphatic rings. The highest BCUT2D eigenvalue weighted by molar-refractivity contribution is 7.90. The minimum atomic E-state index is -3.32. The molecule has 2 fully saturated rings. The molecule has 184 valence electrons. The van der Waals surface area contributed by atoms with Gasteiger partial charge in [-0.05, 0) is 80.3 Å². The Morgan fingerprint density at radius 2 is 1.88 bits per heavy atom. The highest BCUT2D eigenvalue weighted by Gasteiger charge is 2.44. The van der Waals surface area contributed by atoms with Crippen LogP contribution in [0.1, 0.15) is 38.7 Å². The van der Waals surface area contributed by atoms with E-state index < -0.39 is 9.84 Å². The summed E-state index contributed by atoms with van der Waals surface area (Å²) in [5, 5.41) is 6.56. The van der Waals surface area contributed by atoms with Crippen molar-refractivity contribution >= 4 is 33.2 Å². The zero-order valence-corrected chi connectivity index (χ0v) is 21.6. The number of nitrogens with zero attached hydrogens (tertiary/aromatic N) is 1. The minimum Gasteiger partial charge on any atom is -0.334 e. The second-order valence-corrected chi connectivity index (χ2v) is 12.6. The predicted molar refractivity (Wildman–Crippen MR) is 137 cm³/mol. The summed E-state index contributed by atoms with van der Waals surface area (Å²) >= 11 is 6.04. The first kappa shape index (κ1) is 25.0. The number of anilines is 1. The first-order valence-electron chi connectivity index (χ1n) is 12.0. The molecular weight excluding hydrogens is 470 g/mol. The quantitative estimate of drug-likeness (QED) is 0.558. The number of rotatable bonds is 7. The molecule has 0 spiro atoms. The van der Waals surface area contributed by atoms with Crippen LogP contribution in [0.5, 0.6) is 0 Å². The molecule has 0 radical (unpaired) electrons. The van der Waals surface area contributed by atoms with Gasteiger partial charge in [-0.3, -0.25) is 4.90 Å². The van der Waals surface area contributed by atoms with Gasteiger partial charge in [0.25, 0.3) is 0 Å². The van der Waals surface area contributed by atoms with E-state index in [2.05, 4.69) is 34.6 Å². The van der Waals surface area contributed by atoms with Gasteiger partial charge in [0, 0.05) is 41.6 Å². The van der Waals surface area contributed by atoms with Gasteiger partial charge in [0.15, 0.2) is 9.84 Å². The van der Waals surface area contributed by atoms with E-state index in [4.69, 9.17) is 11.6 Å². The van der Waals surface area contributed by atoms with Crippen molar-refractivity contribution in [3.05, 3.63) is 59.1 Å². The Bertz CT molecular complexity index is 1120. The molecule has 2 bridgehead atoms. The van der Waals surface area contributed by atoms with Crippen LogP contribution in [-0.4, -0.2) is 50.3 Å². The fourth-order valence-corrected chi connectivity index (χ4v) is 6.50. The van der Waals surface area contributed by atoms with Crippen LogP contribution < -0.4 is 10.6 Å². The summed E-state index contributed by atoms with van der Waals surface area (Å²) in [6.45, 7) is 5.18. The molecule has 0 saturated carbocycles. The van der Waals surface area contributed by atoms with Crippen LogP contribution in [0.2, 0.25) is 5.02 Å². The Balaban J connectivity index is 1.31. The fraction of sp³-hybridized carbons (Fsp3) is 0.500. The molecule has 2 aromatic rings. The van der Waals surface area contributed by atoms with E-state index in [0.29, 0.717) is 29.6 Å². The van der Waals surface area contributed by atoms with Crippen LogP contribution in [0.3, 0.4) is 0 Å². The molecule has 2 amide bonds. The lowest BCUT2D eigenvalue weighted by molar-refractivity contribution is 0.0875. The van der Waals surface area contributed by atoms with Crippen molar-refractivity contribution < 1.29 is 13.2 Å². The second-order valence-electron chi connectivity index (χ2n) is 10.1. The van der Waals surface area contributed by atoms with Crippen molar-refractivity contribution in [2.45, 2.75) is 62.6 Å². The maximum absolute atomic E-state index is 12.5. The van der Waals surface area contributed by atoms with Gasteiger partial charge in [-0.1, -0.05) is 36.7 Å². The van der Waals surface area contributed by atoms with Crippen LogP contribution in [0.15, 0.2) is 53.4 Å². The lowest BCUT2D eigenvalue weighted by atomic mass is 9.85. The number of amides is 2. The minimum absolute atomic E-state index is 0.0267. The summed E-state index contributed by atoms with van der Waals surface area (Å²) < 4.78 is 23.5. The van der Waals surface area contributed by atoms with Crippen molar-refractivity contribution in [3.63, 3.8) is 0 Å². The molecule has 5 atom stereocenters. The largest absolute Gasteiger partial charge is 0.334 e. The average molecular weight is 504 g/mol. The average Bonchev–Trinajstić information content (AvgIpc) is 2.93. The maximum atomic E-state index is 12.5. The highest BCUT2D eigenvalue weighted by atomic mass is 35.5. The summed E-state index contributed by atoms with van der Waals surface area (Å²) in [5.74, 6) is 1.33. The van der Waals surface area contributed by atoms with Gasteiger partial charge in [0.2, 0.25) is 0 Å². The van der Waals surface area contributed by atoms with Crippen molar-refractivity contribution in [1.29, 1.82) is 0 Å². The lowest BCUT2D eigenvalue weighted by Crippen LogP contribution is -2.51. The van der Waals surface area contributed by atoms with E-state index in [9.17, 15) is 13.2 Å². The number of carbonyl (C=O) groups is 1. The van der Waals surface area contributed by atoms with Crippen molar-refractivity contribution in [2.24, 2.45) is 11.8 Å². The Morgan fingerprint density at radius 3 is 2.56 bits per heavy atom. The van der Waals surface area contributed by atoms with Crippen molar-refractivity contribution in [2.75, 3.05) is 18.1 Å². The maximum Gasteiger partial charge on any atom is 0.319 e. The number of carbonyl (C=O) groups excluding carboxylic acids is 1. The summed E-state index contributed by atoms with van der Waals surface area (Å²) in [7, 11) is -3.32. The third-order valence-electron chi connectivity index (χ3n) is 7.20. The number of hydrogen-bond acceptors (Lipinski definition) is 4. The van der Waals surface area contributed by atoms with Gasteiger partial charge in [0.05, 0.1) is 4.90 Å². The first-order chi connectivity index (χ1) is 16.1. The number of nitrogens with one attached hydrogen (secondary N) is 2. The SMILES string of the molecule is CC(CN1C2CC(Cc3ccc(Cl)cc3)CC1C(C)C2)NC(=O)Nc1cccc(S(C)(=O)=O)c1. The van der Waals surface area contributed by atoms with Gasteiger partial charge in [0.1, 0.15) is 0 Å². The van der Waals surface area contributed by atoms with E-state index in [0.717, 1.165) is 24.2 Å². The standard InChI is InChI=1S/C26H34ClN3O3S/c1-17-11-23-13-20(12-19-7-9-21(27)10-8-19)14-25(17)30(23)16-18(2)28-26(31)29-22-5-4-6-24(15-22)34(3,32)33/h4-10,15,17-18,20,23,25H,11-14,16H2,1-3H3,(H2,28,29,31). The van der Waals surface area contributed by atoms with Crippen LogP contribution in [0.4, 0.5) is 10.5 Å². The molecule has 34 heavy (non-hydrogen) atoms. The summed E-state index contributed by atoms with van der Waals surface area (Å²) in [4.78, 5) is 15.3. The molecule has 0 aliphatic carbocycles. The molecule has 0 aromatic heterocycles. The molecule has 2 aromatic carbocycles. The Hall–Kier alpha value is -2.09.